The third-order valence-electron chi connectivity index (χ3n) is 4.38. The molecule has 1 heterocycles. The molecule has 0 spiro atoms. The molecular weight excluding hydrogens is 422 g/mol. The average molecular weight is 442 g/mol. The van der Waals surface area contributed by atoms with Gasteiger partial charge < -0.3 is 5.32 Å². The summed E-state index contributed by atoms with van der Waals surface area (Å²) >= 11 is 7.39. The molecule has 0 bridgehead atoms. The minimum Gasteiger partial charge on any atom is -0.325 e. The predicted molar refractivity (Wildman–Crippen MR) is 120 cm³/mol. The third kappa shape index (κ3) is 5.17. The van der Waals surface area contributed by atoms with Gasteiger partial charge in [-0.1, -0.05) is 41.6 Å². The van der Waals surface area contributed by atoms with E-state index < -0.39 is 5.25 Å². The molecule has 0 saturated carbocycles. The number of halogens is 1. The minimum absolute atomic E-state index is 0.0730. The summed E-state index contributed by atoms with van der Waals surface area (Å²) in [4.78, 5) is 36.3. The van der Waals surface area contributed by atoms with Crippen LogP contribution in [0.5, 0.6) is 0 Å². The molecule has 1 unspecified atom stereocenters. The summed E-state index contributed by atoms with van der Waals surface area (Å²) < 4.78 is 1.26. The van der Waals surface area contributed by atoms with Gasteiger partial charge in [0.15, 0.2) is 5.78 Å². The van der Waals surface area contributed by atoms with E-state index in [-0.39, 0.29) is 17.2 Å². The fourth-order valence-corrected chi connectivity index (χ4v) is 3.63. The molecule has 2 aromatic carbocycles. The minimum atomic E-state index is -0.481. The number of rotatable bonds is 6. The van der Waals surface area contributed by atoms with Crippen LogP contribution in [0.4, 0.5) is 5.69 Å². The number of nitrogens with zero attached hydrogens (tertiary/aromatic N) is 2. The van der Waals surface area contributed by atoms with E-state index in [4.69, 9.17) is 11.6 Å². The highest BCUT2D eigenvalue weighted by Crippen LogP contribution is 2.23. The van der Waals surface area contributed by atoms with Crippen molar-refractivity contribution in [2.45, 2.75) is 31.0 Å². The smallest absolute Gasteiger partial charge is 0.271 e. The van der Waals surface area contributed by atoms with Crippen LogP contribution in [-0.4, -0.2) is 26.7 Å². The molecule has 0 aliphatic heterocycles. The van der Waals surface area contributed by atoms with Crippen LogP contribution in [0.15, 0.2) is 64.4 Å². The van der Waals surface area contributed by atoms with Crippen molar-refractivity contribution in [3.05, 3.63) is 81.1 Å². The van der Waals surface area contributed by atoms with Gasteiger partial charge >= 0.3 is 0 Å². The molecule has 30 heavy (non-hydrogen) atoms. The third-order valence-corrected chi connectivity index (χ3v) is 5.81. The molecule has 6 nitrogen and oxygen atoms in total. The second-order valence-corrected chi connectivity index (χ2v) is 8.51. The molecule has 1 amide bonds. The summed E-state index contributed by atoms with van der Waals surface area (Å²) in [7, 11) is 0. The molecular formula is C22H20ClN3O3S. The number of hydrogen-bond acceptors (Lipinski definition) is 5. The van der Waals surface area contributed by atoms with Crippen LogP contribution in [-0.2, 0) is 4.79 Å². The molecule has 0 saturated heterocycles. The Hall–Kier alpha value is -2.90. The lowest BCUT2D eigenvalue weighted by atomic mass is 10.1. The first kappa shape index (κ1) is 21.8. The molecule has 1 atom stereocenters. The molecule has 8 heteroatoms. The number of hydrogen-bond donors (Lipinski definition) is 1. The van der Waals surface area contributed by atoms with E-state index in [2.05, 4.69) is 10.4 Å². The fourth-order valence-electron chi connectivity index (χ4n) is 2.65. The summed E-state index contributed by atoms with van der Waals surface area (Å²) in [6, 6.07) is 15.0. The number of ketones is 1. The average Bonchev–Trinajstić information content (AvgIpc) is 2.71. The first-order valence-corrected chi connectivity index (χ1v) is 10.5. The highest BCUT2D eigenvalue weighted by atomic mass is 35.5. The Balaban J connectivity index is 1.76. The van der Waals surface area contributed by atoms with E-state index in [1.54, 1.807) is 49.4 Å². The molecule has 1 aromatic heterocycles. The molecule has 154 valence electrons. The van der Waals surface area contributed by atoms with Crippen LogP contribution in [0.1, 0.15) is 29.8 Å². The van der Waals surface area contributed by atoms with E-state index in [0.717, 1.165) is 5.56 Å². The number of Topliss-reactive ketones (excluding diaryl/α,β-unsaturated/α-hetero) is 1. The van der Waals surface area contributed by atoms with Crippen LogP contribution in [0.3, 0.4) is 0 Å². The van der Waals surface area contributed by atoms with Crippen molar-refractivity contribution in [2.75, 3.05) is 5.32 Å². The maximum absolute atomic E-state index is 12.6. The topological polar surface area (TPSA) is 81.1 Å². The van der Waals surface area contributed by atoms with Gasteiger partial charge in [-0.2, -0.15) is 9.78 Å². The summed E-state index contributed by atoms with van der Waals surface area (Å²) in [6.07, 6.45) is 0. The van der Waals surface area contributed by atoms with E-state index in [1.165, 1.54) is 29.4 Å². The summed E-state index contributed by atoms with van der Waals surface area (Å²) in [5, 5.41) is 7.75. The molecule has 1 N–H and O–H groups in total. The standard InChI is InChI=1S/C22H20ClN3O3S/c1-13-7-8-18(12-19(13)23)26-21(28)10-9-20(25-26)30-15(3)22(29)24-17-6-4-5-16(11-17)14(2)27/h4-12,15H,1-3H3,(H,24,29). The van der Waals surface area contributed by atoms with Crippen molar-refractivity contribution in [1.82, 2.24) is 9.78 Å². The molecule has 0 aliphatic carbocycles. The van der Waals surface area contributed by atoms with Crippen molar-refractivity contribution < 1.29 is 9.59 Å². The Bertz CT molecular complexity index is 1180. The maximum Gasteiger partial charge on any atom is 0.271 e. The Labute approximate surface area is 183 Å². The van der Waals surface area contributed by atoms with Gasteiger partial charge in [0, 0.05) is 22.3 Å². The highest BCUT2D eigenvalue weighted by Gasteiger charge is 2.17. The van der Waals surface area contributed by atoms with Crippen molar-refractivity contribution in [2.24, 2.45) is 0 Å². The second kappa shape index (κ2) is 9.28. The van der Waals surface area contributed by atoms with Crippen LogP contribution < -0.4 is 10.9 Å². The number of nitrogens with one attached hydrogen (secondary N) is 1. The largest absolute Gasteiger partial charge is 0.325 e. The maximum atomic E-state index is 12.6. The van der Waals surface area contributed by atoms with Crippen LogP contribution >= 0.6 is 23.4 Å². The van der Waals surface area contributed by atoms with Gasteiger partial charge in [-0.3, -0.25) is 14.4 Å². The molecule has 3 aromatic rings. The Kier molecular flexibility index (Phi) is 6.74. The lowest BCUT2D eigenvalue weighted by molar-refractivity contribution is -0.115. The highest BCUT2D eigenvalue weighted by molar-refractivity contribution is 8.00. The summed E-state index contributed by atoms with van der Waals surface area (Å²) in [5.74, 6) is -0.310. The summed E-state index contributed by atoms with van der Waals surface area (Å²) in [5.41, 5.74) is 2.23. The quantitative estimate of drug-likeness (QED) is 0.449. The van der Waals surface area contributed by atoms with Gasteiger partial charge in [-0.25, -0.2) is 0 Å². The van der Waals surface area contributed by atoms with Gasteiger partial charge in [0.05, 0.1) is 10.9 Å². The Morgan fingerprint density at radius 2 is 1.90 bits per heavy atom. The van der Waals surface area contributed by atoms with Gasteiger partial charge in [-0.15, -0.1) is 0 Å². The number of aryl methyl sites for hydroxylation is 1. The Morgan fingerprint density at radius 1 is 1.13 bits per heavy atom. The molecule has 3 rings (SSSR count). The predicted octanol–water partition coefficient (Wildman–Crippen LogP) is 4.52. The van der Waals surface area contributed by atoms with Crippen LogP contribution in [0.2, 0.25) is 5.02 Å². The van der Waals surface area contributed by atoms with E-state index >= 15 is 0 Å². The van der Waals surface area contributed by atoms with Gasteiger partial charge in [0.1, 0.15) is 5.03 Å². The lowest BCUT2D eigenvalue weighted by Crippen LogP contribution is -2.24. The monoisotopic (exact) mass is 441 g/mol. The van der Waals surface area contributed by atoms with Crippen molar-refractivity contribution in [3.8, 4) is 5.69 Å². The molecule has 0 aliphatic rings. The van der Waals surface area contributed by atoms with Crippen molar-refractivity contribution >= 4 is 40.7 Å². The SMILES string of the molecule is CC(=O)c1cccc(NC(=O)C(C)Sc2ccc(=O)n(-c3ccc(C)c(Cl)c3)n2)c1. The van der Waals surface area contributed by atoms with Gasteiger partial charge in [0.2, 0.25) is 5.91 Å². The van der Waals surface area contributed by atoms with Crippen molar-refractivity contribution in [1.29, 1.82) is 0 Å². The van der Waals surface area contributed by atoms with Crippen LogP contribution in [0.25, 0.3) is 5.69 Å². The normalized spacial score (nSPS) is 11.7. The first-order valence-electron chi connectivity index (χ1n) is 9.20. The zero-order valence-electron chi connectivity index (χ0n) is 16.7. The van der Waals surface area contributed by atoms with Gasteiger partial charge in [0.25, 0.3) is 5.56 Å². The lowest BCUT2D eigenvalue weighted by Gasteiger charge is -2.13. The molecule has 0 fully saturated rings. The number of carbonyl (C=O) groups is 2. The Morgan fingerprint density at radius 3 is 2.60 bits per heavy atom. The van der Waals surface area contributed by atoms with E-state index in [9.17, 15) is 14.4 Å². The second-order valence-electron chi connectivity index (χ2n) is 6.74. The fraction of sp³-hybridized carbons (Fsp3) is 0.182. The zero-order chi connectivity index (χ0) is 21.8. The van der Waals surface area contributed by atoms with E-state index in [1.807, 2.05) is 13.0 Å². The van der Waals surface area contributed by atoms with Gasteiger partial charge in [-0.05, 0) is 56.7 Å². The number of aromatic nitrogens is 2. The van der Waals surface area contributed by atoms with Crippen molar-refractivity contribution in [3.63, 3.8) is 0 Å². The number of thioether (sulfide) groups is 1. The molecule has 0 radical (unpaired) electrons. The van der Waals surface area contributed by atoms with E-state index in [0.29, 0.717) is 27.0 Å². The number of benzene rings is 2. The van der Waals surface area contributed by atoms with Crippen LogP contribution in [0, 0.1) is 6.92 Å². The number of amides is 1. The number of carbonyl (C=O) groups excluding carboxylic acids is 2. The summed E-state index contributed by atoms with van der Waals surface area (Å²) in [6.45, 7) is 5.09. The first-order chi connectivity index (χ1) is 14.2. The zero-order valence-corrected chi connectivity index (χ0v) is 18.3. The number of anilines is 1.